The fourth-order valence-corrected chi connectivity index (χ4v) is 2.46. The molecule has 0 saturated heterocycles. The molecule has 16 heavy (non-hydrogen) atoms. The predicted molar refractivity (Wildman–Crippen MR) is 70.5 cm³/mol. The van der Waals surface area contributed by atoms with Crippen LogP contribution in [0, 0.1) is 5.92 Å². The summed E-state index contributed by atoms with van der Waals surface area (Å²) >= 11 is 0. The third kappa shape index (κ3) is 5.38. The van der Waals surface area contributed by atoms with E-state index in [0.29, 0.717) is 24.0 Å². The van der Waals surface area contributed by atoms with Crippen molar-refractivity contribution in [2.75, 3.05) is 0 Å². The first-order valence-corrected chi connectivity index (χ1v) is 6.67. The highest BCUT2D eigenvalue weighted by molar-refractivity contribution is 5.78. The molecular formula is C13H27N3. The van der Waals surface area contributed by atoms with Crippen molar-refractivity contribution in [2.24, 2.45) is 16.6 Å². The third-order valence-corrected chi connectivity index (χ3v) is 3.12. The number of hydrogen-bond acceptors (Lipinski definition) is 1. The summed E-state index contributed by atoms with van der Waals surface area (Å²) in [6.07, 6.45) is 7.54. The zero-order chi connectivity index (χ0) is 12.0. The zero-order valence-corrected chi connectivity index (χ0v) is 11.0. The van der Waals surface area contributed by atoms with Gasteiger partial charge in [0.25, 0.3) is 0 Å². The molecule has 94 valence electrons. The van der Waals surface area contributed by atoms with Crippen LogP contribution in [0.25, 0.3) is 0 Å². The average molecular weight is 225 g/mol. The Kier molecular flexibility index (Phi) is 5.64. The van der Waals surface area contributed by atoms with Crippen LogP contribution < -0.4 is 11.1 Å². The molecule has 1 atom stereocenters. The third-order valence-electron chi connectivity index (χ3n) is 3.12. The van der Waals surface area contributed by atoms with Gasteiger partial charge in [0.15, 0.2) is 5.96 Å². The van der Waals surface area contributed by atoms with Crippen LogP contribution in [0.1, 0.15) is 59.3 Å². The van der Waals surface area contributed by atoms with Crippen LogP contribution in [0.15, 0.2) is 4.99 Å². The summed E-state index contributed by atoms with van der Waals surface area (Å²) in [7, 11) is 0. The maximum absolute atomic E-state index is 5.92. The molecule has 0 heterocycles. The van der Waals surface area contributed by atoms with E-state index in [1.54, 1.807) is 0 Å². The second-order valence-corrected chi connectivity index (χ2v) is 5.48. The highest BCUT2D eigenvalue weighted by Crippen LogP contribution is 2.19. The van der Waals surface area contributed by atoms with Crippen molar-refractivity contribution in [3.8, 4) is 0 Å². The molecule has 1 aliphatic rings. The van der Waals surface area contributed by atoms with Gasteiger partial charge in [0.1, 0.15) is 0 Å². The van der Waals surface area contributed by atoms with E-state index in [0.717, 1.165) is 6.42 Å². The largest absolute Gasteiger partial charge is 0.370 e. The minimum Gasteiger partial charge on any atom is -0.370 e. The standard InChI is InChI=1S/C13H27N3/c1-10(2)9-11(3)15-13(14)16-12-7-5-4-6-8-12/h10-12H,4-9H2,1-3H3,(H3,14,15,16). The number of nitrogens with one attached hydrogen (secondary N) is 1. The van der Waals surface area contributed by atoms with Crippen LogP contribution in [0.5, 0.6) is 0 Å². The van der Waals surface area contributed by atoms with E-state index >= 15 is 0 Å². The molecule has 3 N–H and O–H groups in total. The molecule has 0 spiro atoms. The summed E-state index contributed by atoms with van der Waals surface area (Å²) in [5.74, 6) is 1.34. The Morgan fingerprint density at radius 1 is 1.25 bits per heavy atom. The normalized spacial score (nSPS) is 21.1. The molecule has 0 aromatic heterocycles. The van der Waals surface area contributed by atoms with Crippen molar-refractivity contribution < 1.29 is 0 Å². The summed E-state index contributed by atoms with van der Waals surface area (Å²) < 4.78 is 0. The predicted octanol–water partition coefficient (Wildman–Crippen LogP) is 2.66. The van der Waals surface area contributed by atoms with E-state index in [1.165, 1.54) is 32.1 Å². The average Bonchev–Trinajstić information content (AvgIpc) is 2.17. The first kappa shape index (κ1) is 13.3. The Hall–Kier alpha value is -0.730. The van der Waals surface area contributed by atoms with Crippen LogP contribution in [0.2, 0.25) is 0 Å². The van der Waals surface area contributed by atoms with Crippen LogP contribution >= 0.6 is 0 Å². The number of aliphatic imine (C=N–C) groups is 1. The van der Waals surface area contributed by atoms with Crippen molar-refractivity contribution in [1.82, 2.24) is 5.32 Å². The summed E-state index contributed by atoms with van der Waals surface area (Å²) in [6.45, 7) is 6.63. The molecular weight excluding hydrogens is 198 g/mol. The summed E-state index contributed by atoms with van der Waals surface area (Å²) in [4.78, 5) is 4.57. The topological polar surface area (TPSA) is 50.4 Å². The molecule has 3 nitrogen and oxygen atoms in total. The Balaban J connectivity index is 2.31. The molecule has 1 aliphatic carbocycles. The van der Waals surface area contributed by atoms with E-state index < -0.39 is 0 Å². The van der Waals surface area contributed by atoms with Crippen molar-refractivity contribution in [2.45, 2.75) is 71.4 Å². The number of hydrogen-bond donors (Lipinski definition) is 2. The number of nitrogens with two attached hydrogens (primary N) is 1. The van der Waals surface area contributed by atoms with Gasteiger partial charge in [0.05, 0.1) is 6.04 Å². The van der Waals surface area contributed by atoms with E-state index in [1.807, 2.05) is 0 Å². The molecule has 1 fully saturated rings. The summed E-state index contributed by atoms with van der Waals surface area (Å²) in [5, 5.41) is 3.29. The molecule has 0 amide bonds. The van der Waals surface area contributed by atoms with Gasteiger partial charge in [0.2, 0.25) is 0 Å². The lowest BCUT2D eigenvalue weighted by molar-refractivity contribution is 0.439. The molecule has 3 heteroatoms. The van der Waals surface area contributed by atoms with Crippen LogP contribution in [-0.2, 0) is 0 Å². The van der Waals surface area contributed by atoms with Gasteiger partial charge >= 0.3 is 0 Å². The van der Waals surface area contributed by atoms with Gasteiger partial charge in [-0.25, -0.2) is 0 Å². The van der Waals surface area contributed by atoms with Gasteiger partial charge in [-0.1, -0.05) is 33.1 Å². The van der Waals surface area contributed by atoms with Crippen molar-refractivity contribution in [1.29, 1.82) is 0 Å². The highest BCUT2D eigenvalue weighted by Gasteiger charge is 2.13. The highest BCUT2D eigenvalue weighted by atomic mass is 15.1. The quantitative estimate of drug-likeness (QED) is 0.571. The number of nitrogens with zero attached hydrogens (tertiary/aromatic N) is 1. The van der Waals surface area contributed by atoms with E-state index in [2.05, 4.69) is 31.1 Å². The minimum absolute atomic E-state index is 0.423. The fraction of sp³-hybridized carbons (Fsp3) is 0.923. The zero-order valence-electron chi connectivity index (χ0n) is 11.0. The van der Waals surface area contributed by atoms with Gasteiger partial charge in [0, 0.05) is 6.04 Å². The van der Waals surface area contributed by atoms with Gasteiger partial charge in [-0.3, -0.25) is 4.99 Å². The molecule has 0 aliphatic heterocycles. The van der Waals surface area contributed by atoms with Gasteiger partial charge in [-0.15, -0.1) is 0 Å². The van der Waals surface area contributed by atoms with Crippen LogP contribution in [0.3, 0.4) is 0 Å². The minimum atomic E-state index is 0.423. The van der Waals surface area contributed by atoms with Gasteiger partial charge < -0.3 is 11.1 Å². The number of guanidine groups is 1. The summed E-state index contributed by atoms with van der Waals surface area (Å²) in [6, 6.07) is 0.889. The molecule has 0 bridgehead atoms. The second kappa shape index (κ2) is 6.77. The van der Waals surface area contributed by atoms with Crippen LogP contribution in [0.4, 0.5) is 0 Å². The van der Waals surface area contributed by atoms with E-state index in [-0.39, 0.29) is 0 Å². The molecule has 0 aromatic carbocycles. The van der Waals surface area contributed by atoms with E-state index in [9.17, 15) is 0 Å². The fourth-order valence-electron chi connectivity index (χ4n) is 2.46. The Labute approximate surface area is 99.9 Å². The smallest absolute Gasteiger partial charge is 0.189 e. The Morgan fingerprint density at radius 2 is 1.88 bits per heavy atom. The SMILES string of the molecule is CC(C)CC(C)NC(N)=NC1CCCCC1. The summed E-state index contributed by atoms with van der Waals surface area (Å²) in [5.41, 5.74) is 5.92. The first-order valence-electron chi connectivity index (χ1n) is 6.67. The maximum Gasteiger partial charge on any atom is 0.189 e. The van der Waals surface area contributed by atoms with E-state index in [4.69, 9.17) is 5.73 Å². The monoisotopic (exact) mass is 225 g/mol. The lowest BCUT2D eigenvalue weighted by Gasteiger charge is -2.21. The maximum atomic E-state index is 5.92. The molecule has 1 rings (SSSR count). The lowest BCUT2D eigenvalue weighted by Crippen LogP contribution is -2.40. The molecule has 1 saturated carbocycles. The van der Waals surface area contributed by atoms with Crippen molar-refractivity contribution in [3.05, 3.63) is 0 Å². The van der Waals surface area contributed by atoms with Crippen LogP contribution in [-0.4, -0.2) is 18.0 Å². The van der Waals surface area contributed by atoms with Crippen molar-refractivity contribution >= 4 is 5.96 Å². The first-order chi connectivity index (χ1) is 7.58. The van der Waals surface area contributed by atoms with Crippen molar-refractivity contribution in [3.63, 3.8) is 0 Å². The molecule has 0 radical (unpaired) electrons. The number of rotatable bonds is 4. The van der Waals surface area contributed by atoms with Gasteiger partial charge in [-0.2, -0.15) is 0 Å². The Bertz CT molecular complexity index is 217. The lowest BCUT2D eigenvalue weighted by atomic mass is 9.96. The van der Waals surface area contributed by atoms with Gasteiger partial charge in [-0.05, 0) is 32.1 Å². The molecule has 1 unspecified atom stereocenters. The second-order valence-electron chi connectivity index (χ2n) is 5.48. The Morgan fingerprint density at radius 3 is 2.44 bits per heavy atom. The molecule has 0 aromatic rings.